The van der Waals surface area contributed by atoms with Gasteiger partial charge in [0.1, 0.15) is 4.90 Å². The van der Waals surface area contributed by atoms with Crippen LogP contribution in [0.3, 0.4) is 0 Å². The molecule has 1 aromatic carbocycles. The molecular formula is C12H15ClN2O5S. The first-order valence-corrected chi connectivity index (χ1v) is 7.88. The summed E-state index contributed by atoms with van der Waals surface area (Å²) in [6, 6.07) is 2.30. The molecule has 116 valence electrons. The second-order valence-electron chi connectivity index (χ2n) is 4.19. The van der Waals surface area contributed by atoms with Crippen LogP contribution in [0.15, 0.2) is 23.1 Å². The number of carbonyl (C=O) groups excluding carboxylic acids is 1. The zero-order valence-corrected chi connectivity index (χ0v) is 13.0. The molecule has 0 bridgehead atoms. The monoisotopic (exact) mass is 334 g/mol. The van der Waals surface area contributed by atoms with Gasteiger partial charge in [-0.1, -0.05) is 11.6 Å². The summed E-state index contributed by atoms with van der Waals surface area (Å²) in [4.78, 5) is 22.0. The largest absolute Gasteiger partial charge is 0.478 e. The third-order valence-corrected chi connectivity index (χ3v) is 4.57. The molecule has 21 heavy (non-hydrogen) atoms. The number of hydrogen-bond acceptors (Lipinski definition) is 4. The van der Waals surface area contributed by atoms with Crippen molar-refractivity contribution in [1.29, 1.82) is 0 Å². The van der Waals surface area contributed by atoms with E-state index >= 15 is 0 Å². The van der Waals surface area contributed by atoms with Gasteiger partial charge in [-0.15, -0.1) is 0 Å². The smallest absolute Gasteiger partial charge is 0.335 e. The SMILES string of the molecule is CCNC(=O)C(C)NS(=O)(=O)c1cc(C(=O)O)ccc1Cl. The summed E-state index contributed by atoms with van der Waals surface area (Å²) >= 11 is 5.80. The van der Waals surface area contributed by atoms with E-state index in [-0.39, 0.29) is 15.5 Å². The number of nitrogens with one attached hydrogen (secondary N) is 2. The maximum absolute atomic E-state index is 12.2. The molecule has 0 aromatic heterocycles. The molecule has 9 heteroatoms. The molecule has 0 spiro atoms. The van der Waals surface area contributed by atoms with Gasteiger partial charge in [-0.3, -0.25) is 4.79 Å². The minimum absolute atomic E-state index is 0.129. The number of carbonyl (C=O) groups is 2. The van der Waals surface area contributed by atoms with Crippen LogP contribution in [-0.2, 0) is 14.8 Å². The third kappa shape index (κ3) is 4.42. The number of rotatable bonds is 6. The first-order valence-electron chi connectivity index (χ1n) is 6.02. The zero-order chi connectivity index (χ0) is 16.2. The molecule has 0 saturated heterocycles. The van der Waals surface area contributed by atoms with Crippen molar-refractivity contribution in [2.45, 2.75) is 24.8 Å². The topological polar surface area (TPSA) is 113 Å². The van der Waals surface area contributed by atoms with Crippen LogP contribution in [0.4, 0.5) is 0 Å². The first kappa shape index (κ1) is 17.4. The van der Waals surface area contributed by atoms with E-state index in [1.54, 1.807) is 6.92 Å². The van der Waals surface area contributed by atoms with E-state index in [1.807, 2.05) is 0 Å². The Labute approximate surface area is 127 Å². The van der Waals surface area contributed by atoms with Gasteiger partial charge in [-0.25, -0.2) is 13.2 Å². The van der Waals surface area contributed by atoms with E-state index in [1.165, 1.54) is 19.1 Å². The molecule has 1 unspecified atom stereocenters. The van der Waals surface area contributed by atoms with Crippen LogP contribution in [-0.4, -0.2) is 38.0 Å². The highest BCUT2D eigenvalue weighted by Gasteiger charge is 2.24. The summed E-state index contributed by atoms with van der Waals surface area (Å²) in [5.74, 6) is -1.77. The summed E-state index contributed by atoms with van der Waals surface area (Å²) < 4.78 is 26.5. The summed E-state index contributed by atoms with van der Waals surface area (Å²) in [6.45, 7) is 3.43. The number of likely N-dealkylation sites (N-methyl/N-ethyl adjacent to an activating group) is 1. The van der Waals surface area contributed by atoms with Crippen LogP contribution in [0.2, 0.25) is 5.02 Å². The molecule has 7 nitrogen and oxygen atoms in total. The average molecular weight is 335 g/mol. The Morgan fingerprint density at radius 3 is 2.52 bits per heavy atom. The predicted molar refractivity (Wildman–Crippen MR) is 76.9 cm³/mol. The molecule has 3 N–H and O–H groups in total. The fourth-order valence-electron chi connectivity index (χ4n) is 1.52. The van der Waals surface area contributed by atoms with Gasteiger partial charge in [0.25, 0.3) is 0 Å². The summed E-state index contributed by atoms with van der Waals surface area (Å²) in [7, 11) is -4.12. The molecule has 0 fully saturated rings. The Hall–Kier alpha value is -1.64. The molecule has 0 aliphatic carbocycles. The van der Waals surface area contributed by atoms with E-state index in [2.05, 4.69) is 10.0 Å². The standard InChI is InChI=1S/C12H15ClN2O5S/c1-3-14-11(16)7(2)15-21(19,20)10-6-8(12(17)18)4-5-9(10)13/h4-7,15H,3H2,1-2H3,(H,14,16)(H,17,18). The van der Waals surface area contributed by atoms with Crippen LogP contribution in [0.25, 0.3) is 0 Å². The highest BCUT2D eigenvalue weighted by Crippen LogP contribution is 2.22. The van der Waals surface area contributed by atoms with Crippen molar-refractivity contribution in [3.8, 4) is 0 Å². The van der Waals surface area contributed by atoms with Crippen molar-refractivity contribution >= 4 is 33.5 Å². The Morgan fingerprint density at radius 1 is 1.38 bits per heavy atom. The van der Waals surface area contributed by atoms with E-state index in [0.29, 0.717) is 6.54 Å². The van der Waals surface area contributed by atoms with Crippen LogP contribution < -0.4 is 10.0 Å². The molecule has 1 amide bonds. The normalized spacial score (nSPS) is 12.7. The van der Waals surface area contributed by atoms with Gasteiger partial charge in [0.2, 0.25) is 15.9 Å². The van der Waals surface area contributed by atoms with Gasteiger partial charge in [-0.05, 0) is 32.0 Å². The third-order valence-electron chi connectivity index (χ3n) is 2.54. The quantitative estimate of drug-likeness (QED) is 0.713. The molecular weight excluding hydrogens is 320 g/mol. The minimum atomic E-state index is -4.12. The maximum atomic E-state index is 12.2. The number of carboxylic acids is 1. The average Bonchev–Trinajstić information content (AvgIpc) is 2.38. The summed E-state index contributed by atoms with van der Waals surface area (Å²) in [6.07, 6.45) is 0. The van der Waals surface area contributed by atoms with Gasteiger partial charge < -0.3 is 10.4 Å². The fraction of sp³-hybridized carbons (Fsp3) is 0.333. The van der Waals surface area contributed by atoms with Gasteiger partial charge in [-0.2, -0.15) is 4.72 Å². The number of hydrogen-bond donors (Lipinski definition) is 3. The molecule has 0 aliphatic rings. The Kier molecular flexibility index (Phi) is 5.70. The molecule has 0 aliphatic heterocycles. The lowest BCUT2D eigenvalue weighted by Gasteiger charge is -2.14. The van der Waals surface area contributed by atoms with Crippen LogP contribution in [0, 0.1) is 0 Å². The van der Waals surface area contributed by atoms with Crippen LogP contribution in [0.1, 0.15) is 24.2 Å². The number of carboxylic acid groups (broad SMARTS) is 1. The lowest BCUT2D eigenvalue weighted by atomic mass is 10.2. The predicted octanol–water partition coefficient (Wildman–Crippen LogP) is 0.841. The van der Waals surface area contributed by atoms with E-state index < -0.39 is 27.9 Å². The maximum Gasteiger partial charge on any atom is 0.335 e. The number of amides is 1. The number of benzene rings is 1. The van der Waals surface area contributed by atoms with E-state index in [4.69, 9.17) is 16.7 Å². The number of halogens is 1. The van der Waals surface area contributed by atoms with Crippen molar-refractivity contribution < 1.29 is 23.1 Å². The van der Waals surface area contributed by atoms with E-state index in [0.717, 1.165) is 6.07 Å². The Balaban J connectivity index is 3.11. The fourth-order valence-corrected chi connectivity index (χ4v) is 3.25. The van der Waals surface area contributed by atoms with Gasteiger partial charge in [0.05, 0.1) is 16.6 Å². The van der Waals surface area contributed by atoms with Gasteiger partial charge >= 0.3 is 5.97 Å². The Morgan fingerprint density at radius 2 is 2.00 bits per heavy atom. The lowest BCUT2D eigenvalue weighted by molar-refractivity contribution is -0.122. The second kappa shape index (κ2) is 6.88. The van der Waals surface area contributed by atoms with Gasteiger partial charge in [0.15, 0.2) is 0 Å². The second-order valence-corrected chi connectivity index (χ2v) is 6.28. The van der Waals surface area contributed by atoms with Crippen molar-refractivity contribution in [3.63, 3.8) is 0 Å². The van der Waals surface area contributed by atoms with Crippen LogP contribution in [0.5, 0.6) is 0 Å². The summed E-state index contributed by atoms with van der Waals surface area (Å²) in [5.41, 5.74) is -0.217. The summed E-state index contributed by atoms with van der Waals surface area (Å²) in [5, 5.41) is 11.2. The molecule has 1 rings (SSSR count). The number of aromatic carboxylic acids is 1. The van der Waals surface area contributed by atoms with Crippen LogP contribution >= 0.6 is 11.6 Å². The highest BCUT2D eigenvalue weighted by atomic mass is 35.5. The molecule has 1 aromatic rings. The zero-order valence-electron chi connectivity index (χ0n) is 11.4. The number of sulfonamides is 1. The van der Waals surface area contributed by atoms with Crippen molar-refractivity contribution in [3.05, 3.63) is 28.8 Å². The Bertz CT molecular complexity index is 660. The van der Waals surface area contributed by atoms with Crippen molar-refractivity contribution in [2.75, 3.05) is 6.54 Å². The minimum Gasteiger partial charge on any atom is -0.478 e. The molecule has 1 atom stereocenters. The van der Waals surface area contributed by atoms with Crippen molar-refractivity contribution in [2.24, 2.45) is 0 Å². The highest BCUT2D eigenvalue weighted by molar-refractivity contribution is 7.89. The molecule has 0 radical (unpaired) electrons. The van der Waals surface area contributed by atoms with E-state index in [9.17, 15) is 18.0 Å². The van der Waals surface area contributed by atoms with Gasteiger partial charge in [0, 0.05) is 6.54 Å². The first-order chi connectivity index (χ1) is 9.69. The molecule has 0 saturated carbocycles. The lowest BCUT2D eigenvalue weighted by Crippen LogP contribution is -2.44. The molecule has 0 heterocycles. The van der Waals surface area contributed by atoms with Crippen molar-refractivity contribution in [1.82, 2.24) is 10.0 Å².